The van der Waals surface area contributed by atoms with Crippen molar-refractivity contribution in [2.75, 3.05) is 18.8 Å². The maximum atomic E-state index is 12.3. The summed E-state index contributed by atoms with van der Waals surface area (Å²) in [5.74, 6) is 0. The summed E-state index contributed by atoms with van der Waals surface area (Å²) < 4.78 is 14.3. The zero-order valence-corrected chi connectivity index (χ0v) is 10.2. The lowest BCUT2D eigenvalue weighted by Crippen LogP contribution is -2.26. The molecule has 0 radical (unpaired) electrons. The van der Waals surface area contributed by atoms with Gasteiger partial charge in [-0.3, -0.25) is 0 Å². The van der Waals surface area contributed by atoms with E-state index >= 15 is 0 Å². The first-order valence-electron chi connectivity index (χ1n) is 5.80. The van der Waals surface area contributed by atoms with Crippen LogP contribution in [0.2, 0.25) is 0 Å². The normalized spacial score (nSPS) is 20.2. The van der Waals surface area contributed by atoms with Crippen LogP contribution < -0.4 is 5.73 Å². The molecular formula is C12H18N2OS. The lowest BCUT2D eigenvalue weighted by atomic mass is 10.2. The predicted octanol–water partition coefficient (Wildman–Crippen LogP) is 2.17. The summed E-state index contributed by atoms with van der Waals surface area (Å²) in [4.78, 5) is 0.858. The van der Waals surface area contributed by atoms with Crippen LogP contribution in [0.15, 0.2) is 29.2 Å². The van der Waals surface area contributed by atoms with Crippen LogP contribution in [-0.4, -0.2) is 21.6 Å². The molecule has 3 nitrogen and oxygen atoms in total. The van der Waals surface area contributed by atoms with E-state index in [0.717, 1.165) is 36.5 Å². The molecule has 1 aromatic rings. The molecule has 16 heavy (non-hydrogen) atoms. The van der Waals surface area contributed by atoms with Crippen LogP contribution >= 0.6 is 0 Å². The fourth-order valence-electron chi connectivity index (χ4n) is 1.94. The fourth-order valence-corrected chi connectivity index (χ4v) is 3.20. The Bertz CT molecular complexity index is 356. The molecule has 4 heteroatoms. The Hall–Kier alpha value is -0.870. The third kappa shape index (κ3) is 2.83. The summed E-state index contributed by atoms with van der Waals surface area (Å²) >= 11 is 0. The van der Waals surface area contributed by atoms with Gasteiger partial charge in [-0.05, 0) is 37.1 Å². The molecule has 2 N–H and O–H groups in total. The summed E-state index contributed by atoms with van der Waals surface area (Å²) in [6.07, 6.45) is 4.83. The smallest absolute Gasteiger partial charge is 0.127 e. The molecule has 0 aromatic heterocycles. The van der Waals surface area contributed by atoms with Crippen LogP contribution in [0.3, 0.4) is 0 Å². The number of nitrogen functional groups attached to an aromatic ring is 1. The lowest BCUT2D eigenvalue weighted by Gasteiger charge is -2.18. The quantitative estimate of drug-likeness (QED) is 0.803. The zero-order chi connectivity index (χ0) is 11.4. The van der Waals surface area contributed by atoms with Crippen molar-refractivity contribution in [3.05, 3.63) is 24.3 Å². The predicted molar refractivity (Wildman–Crippen MR) is 67.3 cm³/mol. The van der Waals surface area contributed by atoms with Gasteiger partial charge in [-0.15, -0.1) is 0 Å². The Kier molecular flexibility index (Phi) is 3.96. The van der Waals surface area contributed by atoms with Crippen LogP contribution in [0.5, 0.6) is 0 Å². The average molecular weight is 238 g/mol. The van der Waals surface area contributed by atoms with E-state index in [4.69, 9.17) is 5.73 Å². The van der Waals surface area contributed by atoms with Crippen molar-refractivity contribution in [3.63, 3.8) is 0 Å². The number of benzene rings is 1. The van der Waals surface area contributed by atoms with Gasteiger partial charge in [0.1, 0.15) is 11.0 Å². The minimum Gasteiger partial charge on any atom is -0.399 e. The SMILES string of the molecule is Nc1ccc(S(=O)N2CCCCCC2)cc1. The van der Waals surface area contributed by atoms with E-state index in [1.165, 1.54) is 12.8 Å². The minimum absolute atomic E-state index is 0.719. The van der Waals surface area contributed by atoms with Crippen molar-refractivity contribution in [2.24, 2.45) is 0 Å². The van der Waals surface area contributed by atoms with E-state index < -0.39 is 11.0 Å². The van der Waals surface area contributed by atoms with Crippen molar-refractivity contribution in [1.29, 1.82) is 0 Å². The molecule has 0 spiro atoms. The van der Waals surface area contributed by atoms with Gasteiger partial charge in [0.2, 0.25) is 0 Å². The van der Waals surface area contributed by atoms with E-state index in [1.807, 2.05) is 24.3 Å². The van der Waals surface area contributed by atoms with Crippen molar-refractivity contribution in [3.8, 4) is 0 Å². The van der Waals surface area contributed by atoms with Crippen LogP contribution in [0.25, 0.3) is 0 Å². The van der Waals surface area contributed by atoms with Crippen molar-refractivity contribution < 1.29 is 4.21 Å². The topological polar surface area (TPSA) is 46.3 Å². The Morgan fingerprint density at radius 2 is 1.56 bits per heavy atom. The number of nitrogens with two attached hydrogens (primary N) is 1. The first-order valence-corrected chi connectivity index (χ1v) is 6.90. The largest absolute Gasteiger partial charge is 0.399 e. The molecule has 0 amide bonds. The number of hydrogen-bond acceptors (Lipinski definition) is 2. The number of nitrogens with zero attached hydrogens (tertiary/aromatic N) is 1. The Morgan fingerprint density at radius 3 is 2.12 bits per heavy atom. The van der Waals surface area contributed by atoms with Gasteiger partial charge < -0.3 is 5.73 Å². The van der Waals surface area contributed by atoms with Gasteiger partial charge in [-0.25, -0.2) is 8.51 Å². The molecule has 1 saturated heterocycles. The summed E-state index contributed by atoms with van der Waals surface area (Å²) in [5.41, 5.74) is 6.34. The van der Waals surface area contributed by atoms with Gasteiger partial charge in [0.05, 0.1) is 4.90 Å². The molecule has 0 bridgehead atoms. The highest BCUT2D eigenvalue weighted by atomic mass is 32.2. The Morgan fingerprint density at radius 1 is 1.00 bits per heavy atom. The highest BCUT2D eigenvalue weighted by Gasteiger charge is 2.16. The summed E-state index contributed by atoms with van der Waals surface area (Å²) in [6, 6.07) is 7.34. The highest BCUT2D eigenvalue weighted by Crippen LogP contribution is 2.17. The van der Waals surface area contributed by atoms with Crippen LogP contribution in [0.4, 0.5) is 5.69 Å². The van der Waals surface area contributed by atoms with Gasteiger partial charge in [-0.2, -0.15) is 0 Å². The molecular weight excluding hydrogens is 220 g/mol. The second-order valence-electron chi connectivity index (χ2n) is 4.16. The van der Waals surface area contributed by atoms with Crippen molar-refractivity contribution >= 4 is 16.7 Å². The highest BCUT2D eigenvalue weighted by molar-refractivity contribution is 7.82. The number of rotatable bonds is 2. The van der Waals surface area contributed by atoms with E-state index in [0.29, 0.717) is 0 Å². The lowest BCUT2D eigenvalue weighted by molar-refractivity contribution is 0.460. The second-order valence-corrected chi connectivity index (χ2v) is 5.65. The average Bonchev–Trinajstić information content (AvgIpc) is 2.57. The third-order valence-electron chi connectivity index (χ3n) is 2.88. The van der Waals surface area contributed by atoms with E-state index in [-0.39, 0.29) is 0 Å². The number of hydrogen-bond donors (Lipinski definition) is 1. The molecule has 0 aliphatic carbocycles. The molecule has 1 atom stereocenters. The third-order valence-corrected chi connectivity index (χ3v) is 4.39. The van der Waals surface area contributed by atoms with Gasteiger partial charge in [-0.1, -0.05) is 12.8 Å². The molecule has 1 aliphatic rings. The molecule has 1 unspecified atom stereocenters. The summed E-state index contributed by atoms with van der Waals surface area (Å²) in [5, 5.41) is 0. The van der Waals surface area contributed by atoms with Crippen molar-refractivity contribution in [2.45, 2.75) is 30.6 Å². The van der Waals surface area contributed by atoms with Gasteiger partial charge in [0, 0.05) is 18.8 Å². The van der Waals surface area contributed by atoms with Crippen LogP contribution in [-0.2, 0) is 11.0 Å². The maximum absolute atomic E-state index is 12.3. The van der Waals surface area contributed by atoms with Gasteiger partial charge in [0.15, 0.2) is 0 Å². The fraction of sp³-hybridized carbons (Fsp3) is 0.500. The van der Waals surface area contributed by atoms with Gasteiger partial charge in [0.25, 0.3) is 0 Å². The summed E-state index contributed by atoms with van der Waals surface area (Å²) in [6.45, 7) is 1.88. The first kappa shape index (κ1) is 11.6. The van der Waals surface area contributed by atoms with Crippen molar-refractivity contribution in [1.82, 2.24) is 4.31 Å². The van der Waals surface area contributed by atoms with Crippen LogP contribution in [0.1, 0.15) is 25.7 Å². The standard InChI is InChI=1S/C12H18N2OS/c13-11-5-7-12(8-6-11)16(15)14-9-3-1-2-4-10-14/h5-8H,1-4,9-10,13H2. The molecule has 1 fully saturated rings. The number of anilines is 1. The second kappa shape index (κ2) is 5.46. The first-order chi connectivity index (χ1) is 7.77. The van der Waals surface area contributed by atoms with E-state index in [9.17, 15) is 4.21 Å². The molecule has 1 heterocycles. The molecule has 2 rings (SSSR count). The monoisotopic (exact) mass is 238 g/mol. The molecule has 88 valence electrons. The van der Waals surface area contributed by atoms with E-state index in [2.05, 4.69) is 4.31 Å². The summed E-state index contributed by atoms with van der Waals surface area (Å²) in [7, 11) is -1.01. The zero-order valence-electron chi connectivity index (χ0n) is 9.39. The Labute approximate surface area is 99.2 Å². The van der Waals surface area contributed by atoms with Gasteiger partial charge >= 0.3 is 0 Å². The molecule has 1 aromatic carbocycles. The van der Waals surface area contributed by atoms with Crippen LogP contribution in [0, 0.1) is 0 Å². The minimum atomic E-state index is -1.01. The maximum Gasteiger partial charge on any atom is 0.127 e. The van der Waals surface area contributed by atoms with E-state index in [1.54, 1.807) is 0 Å². The molecule has 0 saturated carbocycles. The Balaban J connectivity index is 2.08. The molecule has 1 aliphatic heterocycles.